The summed E-state index contributed by atoms with van der Waals surface area (Å²) in [5.41, 5.74) is 16.3. The molecule has 12 nitrogen and oxygen atoms in total. The molecule has 0 spiro atoms. The molecule has 16 heteroatoms. The number of azide groups is 2. The number of rotatable bonds is 6. The first-order valence-electron chi connectivity index (χ1n) is 7.04. The van der Waals surface area contributed by atoms with Crippen molar-refractivity contribution in [2.45, 2.75) is 9.79 Å². The summed E-state index contributed by atoms with van der Waals surface area (Å²) in [4.78, 5) is 3.57. The van der Waals surface area contributed by atoms with Crippen LogP contribution >= 0.6 is 0 Å². The van der Waals surface area contributed by atoms with Crippen LogP contribution in [0.1, 0.15) is 11.1 Å². The van der Waals surface area contributed by atoms with Crippen molar-refractivity contribution in [3.8, 4) is 0 Å². The molecule has 0 radical (unpaired) electrons. The van der Waals surface area contributed by atoms with E-state index in [0.717, 1.165) is 24.3 Å². The van der Waals surface area contributed by atoms with Gasteiger partial charge in [-0.25, -0.2) is 16.8 Å². The zero-order valence-corrected chi connectivity index (χ0v) is 21.2. The van der Waals surface area contributed by atoms with Crippen molar-refractivity contribution in [1.29, 1.82) is 0 Å². The van der Waals surface area contributed by atoms with Crippen molar-refractivity contribution in [2.24, 2.45) is 10.2 Å². The number of benzene rings is 2. The van der Waals surface area contributed by atoms with E-state index in [1.807, 2.05) is 0 Å². The fraction of sp³-hybridized carbons (Fsp3) is 0. The van der Waals surface area contributed by atoms with Crippen LogP contribution < -0.4 is 59.1 Å². The maximum absolute atomic E-state index is 11.4. The molecular formula is C14H8N6Na2O6S2. The SMILES string of the molecule is [N-]=[N+]=Nc1ccc(/C=C/c2ccc(N=[N+]=[N-])cc2S(=O)(=O)[O-])c(S(=O)(=O)[O-])c1.[Na+].[Na+]. The largest absolute Gasteiger partial charge is 1.00 e. The summed E-state index contributed by atoms with van der Waals surface area (Å²) in [6.45, 7) is 0. The quantitative estimate of drug-likeness (QED) is 0.112. The van der Waals surface area contributed by atoms with Gasteiger partial charge in [-0.1, -0.05) is 46.6 Å². The smallest absolute Gasteiger partial charge is 0.744 e. The second-order valence-electron chi connectivity index (χ2n) is 5.06. The normalized spacial score (nSPS) is 10.9. The average Bonchev–Trinajstić information content (AvgIpc) is 2.60. The molecule has 0 N–H and O–H groups in total. The third-order valence-electron chi connectivity index (χ3n) is 3.30. The van der Waals surface area contributed by atoms with Crippen LogP contribution in [0, 0.1) is 0 Å². The molecule has 0 aliphatic carbocycles. The third kappa shape index (κ3) is 7.71. The minimum Gasteiger partial charge on any atom is -0.744 e. The molecule has 0 saturated carbocycles. The maximum Gasteiger partial charge on any atom is 1.00 e. The Kier molecular flexibility index (Phi) is 11.3. The minimum absolute atomic E-state index is 0. The van der Waals surface area contributed by atoms with Gasteiger partial charge in [-0.05, 0) is 34.3 Å². The summed E-state index contributed by atoms with van der Waals surface area (Å²) >= 11 is 0. The van der Waals surface area contributed by atoms with Gasteiger partial charge in [-0.2, -0.15) is 0 Å². The van der Waals surface area contributed by atoms with Crippen molar-refractivity contribution < 1.29 is 85.1 Å². The molecule has 2 rings (SSSR count). The van der Waals surface area contributed by atoms with Crippen LogP contribution in [0.3, 0.4) is 0 Å². The first-order valence-corrected chi connectivity index (χ1v) is 9.86. The van der Waals surface area contributed by atoms with Crippen LogP contribution in [0.2, 0.25) is 0 Å². The Balaban J connectivity index is 0.00000420. The molecule has 2 aromatic carbocycles. The van der Waals surface area contributed by atoms with E-state index in [1.54, 1.807) is 0 Å². The van der Waals surface area contributed by atoms with Crippen molar-refractivity contribution in [2.75, 3.05) is 0 Å². The molecule has 0 amide bonds. The van der Waals surface area contributed by atoms with Gasteiger partial charge in [0.15, 0.2) is 0 Å². The molecule has 0 fully saturated rings. The van der Waals surface area contributed by atoms with Gasteiger partial charge in [0.1, 0.15) is 20.2 Å². The topological polar surface area (TPSA) is 212 Å². The zero-order valence-electron chi connectivity index (χ0n) is 15.6. The van der Waals surface area contributed by atoms with Gasteiger partial charge in [-0.3, -0.25) is 0 Å². The summed E-state index contributed by atoms with van der Waals surface area (Å²) in [5, 5.41) is 6.41. The number of hydrogen-bond donors (Lipinski definition) is 0. The average molecular weight is 466 g/mol. The Labute approximate surface area is 215 Å². The molecule has 0 unspecified atom stereocenters. The molecular weight excluding hydrogens is 458 g/mol. The molecule has 0 aromatic heterocycles. The molecule has 0 heterocycles. The first-order chi connectivity index (χ1) is 13.1. The van der Waals surface area contributed by atoms with Crippen LogP contribution in [0.25, 0.3) is 33.0 Å². The summed E-state index contributed by atoms with van der Waals surface area (Å²) in [5.74, 6) is 0. The fourth-order valence-electron chi connectivity index (χ4n) is 2.16. The molecule has 0 saturated heterocycles. The molecule has 144 valence electrons. The van der Waals surface area contributed by atoms with E-state index < -0.39 is 30.0 Å². The predicted molar refractivity (Wildman–Crippen MR) is 95.4 cm³/mol. The second kappa shape index (κ2) is 11.9. The predicted octanol–water partition coefficient (Wildman–Crippen LogP) is -2.44. The van der Waals surface area contributed by atoms with E-state index in [2.05, 4.69) is 20.1 Å². The maximum atomic E-state index is 11.4. The van der Waals surface area contributed by atoms with E-state index >= 15 is 0 Å². The Morgan fingerprint density at radius 2 is 1.07 bits per heavy atom. The van der Waals surface area contributed by atoms with Gasteiger partial charge in [0.25, 0.3) is 0 Å². The van der Waals surface area contributed by atoms with Gasteiger partial charge in [0.2, 0.25) is 0 Å². The molecule has 2 aromatic rings. The summed E-state index contributed by atoms with van der Waals surface area (Å²) in [7, 11) is -9.90. The van der Waals surface area contributed by atoms with Gasteiger partial charge in [0, 0.05) is 21.2 Å². The van der Waals surface area contributed by atoms with Crippen molar-refractivity contribution in [1.82, 2.24) is 0 Å². The van der Waals surface area contributed by atoms with Crippen LogP contribution in [0.5, 0.6) is 0 Å². The van der Waals surface area contributed by atoms with Crippen LogP contribution in [0.15, 0.2) is 56.4 Å². The third-order valence-corrected chi connectivity index (χ3v) is 5.08. The number of nitrogens with zero attached hydrogens (tertiary/aromatic N) is 6. The monoisotopic (exact) mass is 466 g/mol. The Morgan fingerprint density at radius 1 is 0.733 bits per heavy atom. The van der Waals surface area contributed by atoms with E-state index in [9.17, 15) is 25.9 Å². The Bertz CT molecular complexity index is 1180. The van der Waals surface area contributed by atoms with Crippen LogP contribution in [-0.2, 0) is 20.2 Å². The Morgan fingerprint density at radius 3 is 1.33 bits per heavy atom. The second-order valence-corrected chi connectivity index (χ2v) is 7.76. The summed E-state index contributed by atoms with van der Waals surface area (Å²) in [6, 6.07) is 6.54. The Hall–Kier alpha value is -1.38. The van der Waals surface area contributed by atoms with Gasteiger partial charge in [0.05, 0.1) is 9.79 Å². The summed E-state index contributed by atoms with van der Waals surface area (Å²) in [6.07, 6.45) is 2.20. The van der Waals surface area contributed by atoms with Gasteiger partial charge >= 0.3 is 59.1 Å². The minimum atomic E-state index is -4.95. The summed E-state index contributed by atoms with van der Waals surface area (Å²) < 4.78 is 68.7. The molecule has 0 atom stereocenters. The number of hydrogen-bond acceptors (Lipinski definition) is 8. The van der Waals surface area contributed by atoms with E-state index in [-0.39, 0.29) is 81.6 Å². The fourth-order valence-corrected chi connectivity index (χ4v) is 3.54. The van der Waals surface area contributed by atoms with Gasteiger partial charge in [-0.15, -0.1) is 0 Å². The van der Waals surface area contributed by atoms with E-state index in [0.29, 0.717) is 0 Å². The molecule has 0 aliphatic rings. The zero-order chi connectivity index (χ0) is 20.9. The molecule has 0 aliphatic heterocycles. The van der Waals surface area contributed by atoms with E-state index in [1.165, 1.54) is 24.3 Å². The standard InChI is InChI=1S/C14H10N6O6S2.2Na/c15-19-17-11-5-3-9(13(7-11)27(21,22)23)1-2-10-4-6-12(18-20-16)8-14(10)28(24,25)26;;/h1-8H,(H,21,22,23)(H,24,25,26);;/q;2*+1/p-2/b2-1+;;. The van der Waals surface area contributed by atoms with Crippen molar-refractivity contribution in [3.63, 3.8) is 0 Å². The molecule has 30 heavy (non-hydrogen) atoms. The van der Waals surface area contributed by atoms with Gasteiger partial charge < -0.3 is 9.11 Å². The van der Waals surface area contributed by atoms with Crippen molar-refractivity contribution in [3.05, 3.63) is 68.4 Å². The van der Waals surface area contributed by atoms with Crippen molar-refractivity contribution >= 4 is 43.8 Å². The van der Waals surface area contributed by atoms with Crippen LogP contribution in [-0.4, -0.2) is 25.9 Å². The molecule has 0 bridgehead atoms. The van der Waals surface area contributed by atoms with Crippen LogP contribution in [0.4, 0.5) is 11.4 Å². The van der Waals surface area contributed by atoms with E-state index in [4.69, 9.17) is 11.1 Å². The first kappa shape index (κ1) is 28.6.